The molecule has 1 heterocycles. The number of carbonyl (C=O) groups is 3. The number of rotatable bonds is 6. The van der Waals surface area contributed by atoms with E-state index in [4.69, 9.17) is 5.26 Å². The number of amides is 2. The second kappa shape index (κ2) is 10.1. The Hall–Kier alpha value is -2.86. The minimum Gasteiger partial charge on any atom is -0.469 e. The highest BCUT2D eigenvalue weighted by Gasteiger charge is 2.42. The third-order valence-electron chi connectivity index (χ3n) is 4.46. The lowest BCUT2D eigenvalue weighted by Gasteiger charge is -2.28. The molecule has 154 valence electrons. The minimum atomic E-state index is -0.456. The Morgan fingerprint density at radius 1 is 1.31 bits per heavy atom. The van der Waals surface area contributed by atoms with Crippen molar-refractivity contribution in [3.8, 4) is 6.07 Å². The Morgan fingerprint density at radius 3 is 2.52 bits per heavy atom. The number of nitrogens with one attached hydrogen (secondary N) is 1. The molecule has 1 saturated heterocycles. The van der Waals surface area contributed by atoms with Crippen molar-refractivity contribution in [2.24, 2.45) is 4.99 Å². The summed E-state index contributed by atoms with van der Waals surface area (Å²) >= 11 is 1.23. The van der Waals surface area contributed by atoms with E-state index in [2.05, 4.69) is 15.0 Å². The number of nitrogens with zero attached hydrogens (tertiary/aromatic N) is 3. The highest BCUT2D eigenvalue weighted by atomic mass is 32.2. The Bertz CT molecular complexity index is 845. The number of esters is 1. The maximum atomic E-state index is 12.6. The van der Waals surface area contributed by atoms with Crippen LogP contribution in [0.15, 0.2) is 29.3 Å². The van der Waals surface area contributed by atoms with Gasteiger partial charge in [0.2, 0.25) is 5.91 Å². The molecule has 1 fully saturated rings. The van der Waals surface area contributed by atoms with Crippen LogP contribution in [0.1, 0.15) is 43.1 Å². The van der Waals surface area contributed by atoms with Gasteiger partial charge in [-0.15, -0.1) is 0 Å². The van der Waals surface area contributed by atoms with Crippen LogP contribution in [0.2, 0.25) is 0 Å². The van der Waals surface area contributed by atoms with Gasteiger partial charge in [0.05, 0.1) is 25.2 Å². The van der Waals surface area contributed by atoms with E-state index in [1.807, 2.05) is 31.7 Å². The molecule has 1 aromatic rings. The molecular weight excluding hydrogens is 392 g/mol. The van der Waals surface area contributed by atoms with Gasteiger partial charge in [-0.25, -0.2) is 0 Å². The van der Waals surface area contributed by atoms with Crippen molar-refractivity contribution in [2.45, 2.75) is 44.5 Å². The van der Waals surface area contributed by atoms with E-state index < -0.39 is 17.1 Å². The van der Waals surface area contributed by atoms with Crippen molar-refractivity contribution in [3.05, 3.63) is 35.4 Å². The normalized spacial score (nSPS) is 19.9. The molecule has 2 rings (SSSR count). The standard InChI is InChI=1S/C20H24N4O4S/c1-12(2)24-13(3)17(19(27)22-10-9-16(25)28-4)29-20(24)23-18(26)15-7-5-14(11-21)6-8-15/h5-8,12-13,17H,9-10H2,1-4H3,(H,22,27). The Morgan fingerprint density at radius 2 is 1.97 bits per heavy atom. The summed E-state index contributed by atoms with van der Waals surface area (Å²) in [6.45, 7) is 6.03. The lowest BCUT2D eigenvalue weighted by Crippen LogP contribution is -2.45. The van der Waals surface area contributed by atoms with Gasteiger partial charge in [0, 0.05) is 24.2 Å². The first-order valence-electron chi connectivity index (χ1n) is 9.21. The number of nitriles is 1. The fourth-order valence-corrected chi connectivity index (χ4v) is 4.35. The van der Waals surface area contributed by atoms with Crippen LogP contribution in [0.5, 0.6) is 0 Å². The monoisotopic (exact) mass is 416 g/mol. The van der Waals surface area contributed by atoms with Crippen LogP contribution in [0, 0.1) is 11.3 Å². The molecule has 2 atom stereocenters. The molecular formula is C20H24N4O4S. The third-order valence-corrected chi connectivity index (χ3v) is 5.83. The number of ether oxygens (including phenoxy) is 1. The van der Waals surface area contributed by atoms with Crippen LogP contribution >= 0.6 is 11.8 Å². The third kappa shape index (κ3) is 5.57. The number of aliphatic imine (C=N–C) groups is 1. The smallest absolute Gasteiger partial charge is 0.307 e. The largest absolute Gasteiger partial charge is 0.469 e. The predicted octanol–water partition coefficient (Wildman–Crippen LogP) is 1.95. The summed E-state index contributed by atoms with van der Waals surface area (Å²) in [5.41, 5.74) is 0.838. The lowest BCUT2D eigenvalue weighted by atomic mass is 10.1. The van der Waals surface area contributed by atoms with Crippen LogP contribution < -0.4 is 5.32 Å². The molecule has 2 unspecified atom stereocenters. The summed E-state index contributed by atoms with van der Waals surface area (Å²) in [6.07, 6.45) is 0.0972. The van der Waals surface area contributed by atoms with Crippen LogP contribution in [-0.2, 0) is 14.3 Å². The average Bonchev–Trinajstić information content (AvgIpc) is 3.03. The lowest BCUT2D eigenvalue weighted by molar-refractivity contribution is -0.140. The van der Waals surface area contributed by atoms with Gasteiger partial charge < -0.3 is 15.0 Å². The summed E-state index contributed by atoms with van der Waals surface area (Å²) in [7, 11) is 1.30. The molecule has 0 aromatic heterocycles. The fraction of sp³-hybridized carbons (Fsp3) is 0.450. The zero-order valence-electron chi connectivity index (χ0n) is 16.8. The van der Waals surface area contributed by atoms with Gasteiger partial charge in [-0.3, -0.25) is 14.4 Å². The van der Waals surface area contributed by atoms with E-state index in [-0.39, 0.29) is 31.0 Å². The van der Waals surface area contributed by atoms with Gasteiger partial charge >= 0.3 is 5.97 Å². The van der Waals surface area contributed by atoms with Gasteiger partial charge in [-0.2, -0.15) is 10.3 Å². The molecule has 1 aromatic carbocycles. The summed E-state index contributed by atoms with van der Waals surface area (Å²) < 4.78 is 4.57. The van der Waals surface area contributed by atoms with Crippen LogP contribution in [-0.4, -0.2) is 58.8 Å². The highest BCUT2D eigenvalue weighted by Crippen LogP contribution is 2.33. The summed E-state index contributed by atoms with van der Waals surface area (Å²) in [6, 6.07) is 8.12. The number of benzene rings is 1. The molecule has 8 nitrogen and oxygen atoms in total. The van der Waals surface area contributed by atoms with E-state index in [9.17, 15) is 14.4 Å². The molecule has 1 aliphatic heterocycles. The Kier molecular flexibility index (Phi) is 7.79. The van der Waals surface area contributed by atoms with E-state index in [0.29, 0.717) is 16.3 Å². The van der Waals surface area contributed by atoms with E-state index in [1.165, 1.54) is 18.9 Å². The Labute approximate surface area is 174 Å². The van der Waals surface area contributed by atoms with Crippen molar-refractivity contribution in [2.75, 3.05) is 13.7 Å². The molecule has 9 heteroatoms. The van der Waals surface area contributed by atoms with E-state index in [0.717, 1.165) is 0 Å². The molecule has 0 spiro atoms. The highest BCUT2D eigenvalue weighted by molar-refractivity contribution is 8.15. The zero-order valence-corrected chi connectivity index (χ0v) is 17.7. The minimum absolute atomic E-state index is 0.0397. The van der Waals surface area contributed by atoms with Gasteiger partial charge in [-0.1, -0.05) is 11.8 Å². The van der Waals surface area contributed by atoms with Crippen molar-refractivity contribution >= 4 is 34.7 Å². The number of hydrogen-bond acceptors (Lipinski definition) is 6. The molecule has 0 saturated carbocycles. The number of amidine groups is 1. The molecule has 0 bridgehead atoms. The number of thioether (sulfide) groups is 1. The van der Waals surface area contributed by atoms with Crippen LogP contribution in [0.3, 0.4) is 0 Å². The predicted molar refractivity (Wildman–Crippen MR) is 110 cm³/mol. The fourth-order valence-electron chi connectivity index (χ4n) is 2.97. The van der Waals surface area contributed by atoms with E-state index in [1.54, 1.807) is 24.3 Å². The first-order chi connectivity index (χ1) is 13.8. The number of methoxy groups -OCH3 is 1. The maximum Gasteiger partial charge on any atom is 0.307 e. The van der Waals surface area contributed by atoms with Crippen molar-refractivity contribution in [3.63, 3.8) is 0 Å². The van der Waals surface area contributed by atoms with Crippen LogP contribution in [0.25, 0.3) is 0 Å². The van der Waals surface area contributed by atoms with Gasteiger partial charge in [0.25, 0.3) is 5.91 Å². The molecule has 2 amide bonds. The average molecular weight is 417 g/mol. The van der Waals surface area contributed by atoms with Crippen molar-refractivity contribution in [1.29, 1.82) is 5.26 Å². The first-order valence-corrected chi connectivity index (χ1v) is 10.1. The number of hydrogen-bond donors (Lipinski definition) is 1. The van der Waals surface area contributed by atoms with Gasteiger partial charge in [0.15, 0.2) is 5.17 Å². The molecule has 29 heavy (non-hydrogen) atoms. The van der Waals surface area contributed by atoms with Gasteiger partial charge in [-0.05, 0) is 45.0 Å². The zero-order chi connectivity index (χ0) is 21.6. The van der Waals surface area contributed by atoms with Crippen molar-refractivity contribution < 1.29 is 19.1 Å². The molecule has 0 aliphatic carbocycles. The topological polar surface area (TPSA) is 112 Å². The summed E-state index contributed by atoms with van der Waals surface area (Å²) in [5.74, 6) is -1.04. The summed E-state index contributed by atoms with van der Waals surface area (Å²) in [5, 5.41) is 11.6. The quantitative estimate of drug-likeness (QED) is 0.705. The second-order valence-electron chi connectivity index (χ2n) is 6.79. The molecule has 1 N–H and O–H groups in total. The van der Waals surface area contributed by atoms with Crippen molar-refractivity contribution in [1.82, 2.24) is 10.2 Å². The summed E-state index contributed by atoms with van der Waals surface area (Å²) in [4.78, 5) is 42.5. The second-order valence-corrected chi connectivity index (χ2v) is 7.89. The van der Waals surface area contributed by atoms with E-state index >= 15 is 0 Å². The first kappa shape index (κ1) is 22.4. The number of carbonyl (C=O) groups excluding carboxylic acids is 3. The Balaban J connectivity index is 2.14. The van der Waals surface area contributed by atoms with Gasteiger partial charge in [0.1, 0.15) is 5.25 Å². The SMILES string of the molecule is COC(=O)CCNC(=O)C1SC(=NC(=O)c2ccc(C#N)cc2)N(C(C)C)C1C. The molecule has 0 radical (unpaired) electrons. The van der Waals surface area contributed by atoms with Crippen LogP contribution in [0.4, 0.5) is 0 Å². The molecule has 1 aliphatic rings. The maximum absolute atomic E-state index is 12.6.